The Kier molecular flexibility index (Phi) is 3.88. The lowest BCUT2D eigenvalue weighted by molar-refractivity contribution is 0.0693. The maximum absolute atomic E-state index is 12.0. The molecule has 2 aromatic rings. The molecule has 0 bridgehead atoms. The van der Waals surface area contributed by atoms with Gasteiger partial charge in [0.1, 0.15) is 5.75 Å². The van der Waals surface area contributed by atoms with Gasteiger partial charge in [0.05, 0.1) is 11.5 Å². The third kappa shape index (κ3) is 2.96. The summed E-state index contributed by atoms with van der Waals surface area (Å²) in [7, 11) is -1.38. The fourth-order valence-corrected chi connectivity index (χ4v) is 2.79. The molecule has 2 heterocycles. The van der Waals surface area contributed by atoms with Crippen LogP contribution >= 0.6 is 11.3 Å². The Morgan fingerprint density at radius 1 is 1.43 bits per heavy atom. The predicted molar refractivity (Wildman–Crippen MR) is 81.3 cm³/mol. The second kappa shape index (κ2) is 5.86. The largest absolute Gasteiger partial charge is 0.547 e. The van der Waals surface area contributed by atoms with Gasteiger partial charge in [-0.25, -0.2) is 4.79 Å². The van der Waals surface area contributed by atoms with Gasteiger partial charge in [0.15, 0.2) is 0 Å². The van der Waals surface area contributed by atoms with Crippen LogP contribution in [0.1, 0.15) is 25.7 Å². The summed E-state index contributed by atoms with van der Waals surface area (Å²) in [4.78, 5) is 23.2. The first-order valence-electron chi connectivity index (χ1n) is 6.55. The van der Waals surface area contributed by atoms with Gasteiger partial charge in [-0.2, -0.15) is 0 Å². The lowest BCUT2D eigenvalue weighted by atomic mass is 9.72. The third-order valence-corrected chi connectivity index (χ3v) is 4.05. The monoisotopic (exact) mass is 334 g/mol. The van der Waals surface area contributed by atoms with E-state index in [-0.39, 0.29) is 27.9 Å². The van der Waals surface area contributed by atoms with Crippen molar-refractivity contribution in [1.29, 1.82) is 0 Å². The molecule has 23 heavy (non-hydrogen) atoms. The highest BCUT2D eigenvalue weighted by molar-refractivity contribution is 7.16. The highest BCUT2D eigenvalue weighted by Gasteiger charge is 2.38. The van der Waals surface area contributed by atoms with Crippen molar-refractivity contribution in [2.45, 2.75) is 12.4 Å². The van der Waals surface area contributed by atoms with Gasteiger partial charge >= 0.3 is 13.1 Å². The van der Waals surface area contributed by atoms with E-state index in [1.807, 2.05) is 0 Å². The van der Waals surface area contributed by atoms with Crippen LogP contribution in [0, 0.1) is 0 Å². The summed E-state index contributed by atoms with van der Waals surface area (Å²) in [5.74, 6) is -2.33. The number of hydrogen-bond acceptors (Lipinski definition) is 8. The maximum atomic E-state index is 12.0. The van der Waals surface area contributed by atoms with Crippen LogP contribution < -0.4 is 15.7 Å². The minimum absolute atomic E-state index is 0.0387. The number of aromatic nitrogens is 2. The van der Waals surface area contributed by atoms with E-state index in [9.17, 15) is 14.6 Å². The van der Waals surface area contributed by atoms with Crippen LogP contribution in [0.25, 0.3) is 0 Å². The van der Waals surface area contributed by atoms with Crippen molar-refractivity contribution in [1.82, 2.24) is 15.5 Å². The predicted octanol–water partition coefficient (Wildman–Crippen LogP) is -0.428. The number of aromatic carboxylic acids is 1. The van der Waals surface area contributed by atoms with E-state index in [4.69, 9.17) is 15.5 Å². The smallest absolute Gasteiger partial charge is 0.534 e. The van der Waals surface area contributed by atoms with Crippen LogP contribution in [0.2, 0.25) is 0 Å². The third-order valence-electron chi connectivity index (χ3n) is 3.30. The Morgan fingerprint density at radius 2 is 2.22 bits per heavy atom. The van der Waals surface area contributed by atoms with Crippen molar-refractivity contribution >= 4 is 35.5 Å². The molecule has 9 nitrogen and oxygen atoms in total. The zero-order chi connectivity index (χ0) is 16.6. The average molecular weight is 334 g/mol. The minimum Gasteiger partial charge on any atom is -0.534 e. The molecule has 0 fully saturated rings. The molecular weight excluding hydrogens is 323 g/mol. The lowest BCUT2D eigenvalue weighted by Gasteiger charge is -2.28. The zero-order valence-corrected chi connectivity index (χ0v) is 12.4. The van der Waals surface area contributed by atoms with E-state index >= 15 is 0 Å². The number of rotatable bonds is 3. The number of carboxylic acids is 1. The van der Waals surface area contributed by atoms with Crippen molar-refractivity contribution in [2.24, 2.45) is 0 Å². The van der Waals surface area contributed by atoms with Gasteiger partial charge in [-0.1, -0.05) is 23.5 Å². The standard InChI is InChI=1S/C12H11BN4O5S/c14-12-17-16-10(23-12)9(18)15-7-4-5-2-1-3-6(11(19)20)8(5)22-13(7)21/h1-3,7,21H,4H2,(H2,14,17)(H,15,18)(H,19,20)/t7-/m0/s1. The molecule has 0 saturated carbocycles. The van der Waals surface area contributed by atoms with Crippen molar-refractivity contribution in [3.8, 4) is 5.75 Å². The van der Waals surface area contributed by atoms with Gasteiger partial charge in [0, 0.05) is 0 Å². The molecule has 1 aliphatic rings. The molecule has 5 N–H and O–H groups in total. The van der Waals surface area contributed by atoms with Crippen LogP contribution in [0.5, 0.6) is 5.75 Å². The molecule has 11 heteroatoms. The Hall–Kier alpha value is -2.66. The molecule has 1 aromatic heterocycles. The van der Waals surface area contributed by atoms with Crippen LogP contribution in [-0.2, 0) is 6.42 Å². The van der Waals surface area contributed by atoms with Gasteiger partial charge < -0.3 is 25.8 Å². The zero-order valence-electron chi connectivity index (χ0n) is 11.6. The van der Waals surface area contributed by atoms with E-state index in [0.29, 0.717) is 5.56 Å². The molecule has 0 aliphatic carbocycles. The molecule has 0 radical (unpaired) electrons. The summed E-state index contributed by atoms with van der Waals surface area (Å²) in [5, 5.41) is 29.1. The summed E-state index contributed by atoms with van der Waals surface area (Å²) in [5.41, 5.74) is 5.96. The quantitative estimate of drug-likeness (QED) is 0.553. The van der Waals surface area contributed by atoms with E-state index in [2.05, 4.69) is 15.5 Å². The fraction of sp³-hybridized carbons (Fsp3) is 0.167. The van der Waals surface area contributed by atoms with Gasteiger partial charge in [-0.3, -0.25) is 4.79 Å². The average Bonchev–Trinajstić information content (AvgIpc) is 2.94. The van der Waals surface area contributed by atoms with Crippen LogP contribution in [0.4, 0.5) is 5.13 Å². The van der Waals surface area contributed by atoms with Crippen molar-refractivity contribution in [3.05, 3.63) is 34.3 Å². The van der Waals surface area contributed by atoms with Crippen LogP contribution in [-0.4, -0.2) is 45.3 Å². The normalized spacial score (nSPS) is 16.4. The maximum Gasteiger partial charge on any atom is 0.547 e. The Labute approximate surface area is 134 Å². The number of nitrogen functional groups attached to an aromatic ring is 1. The van der Waals surface area contributed by atoms with Crippen LogP contribution in [0.15, 0.2) is 18.2 Å². The fourth-order valence-electron chi connectivity index (χ4n) is 2.27. The number of anilines is 1. The van der Waals surface area contributed by atoms with Gasteiger partial charge in [-0.15, -0.1) is 10.2 Å². The van der Waals surface area contributed by atoms with Gasteiger partial charge in [0.2, 0.25) is 10.1 Å². The Balaban J connectivity index is 1.80. The Bertz CT molecular complexity index is 783. The van der Waals surface area contributed by atoms with E-state index < -0.39 is 24.9 Å². The molecule has 118 valence electrons. The molecule has 1 amide bonds. The number of fused-ring (bicyclic) bond motifs is 1. The number of hydrogen-bond donors (Lipinski definition) is 4. The van der Waals surface area contributed by atoms with Crippen molar-refractivity contribution < 1.29 is 24.4 Å². The number of nitrogens with two attached hydrogens (primary N) is 1. The summed E-state index contributed by atoms with van der Waals surface area (Å²) in [6.45, 7) is 0. The summed E-state index contributed by atoms with van der Waals surface area (Å²) in [6, 6.07) is 4.64. The molecule has 1 atom stereocenters. The molecule has 3 rings (SSSR count). The second-order valence-electron chi connectivity index (χ2n) is 4.84. The number of benzene rings is 1. The first kappa shape index (κ1) is 15.2. The van der Waals surface area contributed by atoms with E-state index in [1.54, 1.807) is 12.1 Å². The SMILES string of the molecule is Nc1nnc(C(=O)N[C@H]2Cc3cccc(C(=O)O)c3OB2O)s1. The molecule has 1 aromatic carbocycles. The highest BCUT2D eigenvalue weighted by atomic mass is 32.1. The van der Waals surface area contributed by atoms with Gasteiger partial charge in [0.25, 0.3) is 5.91 Å². The topological polar surface area (TPSA) is 148 Å². The molecule has 0 spiro atoms. The first-order chi connectivity index (χ1) is 11.0. The Morgan fingerprint density at radius 3 is 2.87 bits per heavy atom. The molecule has 1 aliphatic heterocycles. The number of amides is 1. The lowest BCUT2D eigenvalue weighted by Crippen LogP contribution is -2.53. The molecule has 0 unspecified atom stereocenters. The number of nitrogens with zero attached hydrogens (tertiary/aromatic N) is 2. The summed E-state index contributed by atoms with van der Waals surface area (Å²) >= 11 is 0.921. The van der Waals surface area contributed by atoms with Crippen molar-refractivity contribution in [3.63, 3.8) is 0 Å². The highest BCUT2D eigenvalue weighted by Crippen LogP contribution is 2.30. The van der Waals surface area contributed by atoms with E-state index in [0.717, 1.165) is 11.3 Å². The van der Waals surface area contributed by atoms with Crippen LogP contribution in [0.3, 0.4) is 0 Å². The van der Waals surface area contributed by atoms with E-state index in [1.165, 1.54) is 6.07 Å². The number of carbonyl (C=O) groups excluding carboxylic acids is 1. The number of nitrogens with one attached hydrogen (secondary N) is 1. The molecule has 0 saturated heterocycles. The number of carbonyl (C=O) groups is 2. The first-order valence-corrected chi connectivity index (χ1v) is 7.37. The second-order valence-corrected chi connectivity index (χ2v) is 5.85. The molecular formula is C12H11BN4O5S. The number of para-hydroxylation sites is 1. The number of carboxylic acid groups (broad SMARTS) is 1. The van der Waals surface area contributed by atoms with Gasteiger partial charge in [-0.05, 0) is 18.1 Å². The van der Waals surface area contributed by atoms with Crippen molar-refractivity contribution in [2.75, 3.05) is 5.73 Å². The summed E-state index contributed by atoms with van der Waals surface area (Å²) < 4.78 is 5.28. The minimum atomic E-state index is -1.38. The summed E-state index contributed by atoms with van der Waals surface area (Å²) in [6.07, 6.45) is 0.220.